The van der Waals surface area contributed by atoms with Gasteiger partial charge >= 0.3 is 5.97 Å². The predicted molar refractivity (Wildman–Crippen MR) is 138 cm³/mol. The van der Waals surface area contributed by atoms with E-state index in [-0.39, 0.29) is 30.3 Å². The topological polar surface area (TPSA) is 108 Å². The monoisotopic (exact) mass is 496 g/mol. The van der Waals surface area contributed by atoms with Crippen molar-refractivity contribution >= 4 is 23.5 Å². The molecule has 0 bridgehead atoms. The Kier molecular flexibility index (Phi) is 7.67. The van der Waals surface area contributed by atoms with Gasteiger partial charge in [0.05, 0.1) is 19.9 Å². The number of carbonyl (C=O) groups is 3. The van der Waals surface area contributed by atoms with E-state index in [1.54, 1.807) is 37.4 Å². The number of fused-ring (bicyclic) bond motifs is 1. The molecule has 2 amide bonds. The molecule has 1 atom stereocenters. The van der Waals surface area contributed by atoms with Crippen LogP contribution in [-0.4, -0.2) is 44.1 Å². The molecule has 2 aromatic carbocycles. The molecule has 3 rings (SSSR count). The molecule has 1 heterocycles. The average Bonchev–Trinajstić information content (AvgIpc) is 3.15. The third kappa shape index (κ3) is 5.03. The molecule has 8 heteroatoms. The molecule has 0 aliphatic carbocycles. The zero-order valence-electron chi connectivity index (χ0n) is 22.1. The molecule has 0 radical (unpaired) electrons. The molecule has 0 aromatic heterocycles. The highest BCUT2D eigenvalue weighted by molar-refractivity contribution is 6.13. The number of nitrogens with two attached hydrogens (primary N) is 1. The summed E-state index contributed by atoms with van der Waals surface area (Å²) in [5, 5.41) is 0. The van der Waals surface area contributed by atoms with Crippen LogP contribution in [0.4, 0.5) is 5.69 Å². The molecule has 1 unspecified atom stereocenters. The fourth-order valence-corrected chi connectivity index (χ4v) is 4.98. The van der Waals surface area contributed by atoms with Crippen molar-refractivity contribution in [2.45, 2.75) is 58.4 Å². The number of nitrogens with zero attached hydrogens (tertiary/aromatic N) is 1. The smallest absolute Gasteiger partial charge is 0.332 e. The van der Waals surface area contributed by atoms with Gasteiger partial charge in [-0.05, 0) is 47.6 Å². The predicted octanol–water partition coefficient (Wildman–Crippen LogP) is 4.02. The number of benzene rings is 2. The maximum absolute atomic E-state index is 14.2. The maximum Gasteiger partial charge on any atom is 0.332 e. The Morgan fingerprint density at radius 3 is 2.33 bits per heavy atom. The average molecular weight is 497 g/mol. The summed E-state index contributed by atoms with van der Waals surface area (Å²) >= 11 is 0. The van der Waals surface area contributed by atoms with E-state index < -0.39 is 17.4 Å². The molecule has 2 aromatic rings. The number of primary amides is 1. The molecule has 0 spiro atoms. The molecular formula is C28H36N2O6. The SMILES string of the molecule is COC(=O)C1(CC(C)C)Cc2c(OCC(N)=O)cccc2N1C(=O)c1ccc(C(C)(C)C)c(OC)c1. The maximum atomic E-state index is 14.2. The first-order valence-electron chi connectivity index (χ1n) is 12.0. The van der Waals surface area contributed by atoms with E-state index in [2.05, 4.69) is 20.8 Å². The van der Waals surface area contributed by atoms with E-state index >= 15 is 0 Å². The lowest BCUT2D eigenvalue weighted by Crippen LogP contribution is -2.57. The van der Waals surface area contributed by atoms with Crippen molar-refractivity contribution < 1.29 is 28.6 Å². The summed E-state index contributed by atoms with van der Waals surface area (Å²) in [7, 11) is 2.89. The van der Waals surface area contributed by atoms with Crippen molar-refractivity contribution in [1.82, 2.24) is 0 Å². The van der Waals surface area contributed by atoms with Gasteiger partial charge in [-0.25, -0.2) is 4.79 Å². The van der Waals surface area contributed by atoms with Crippen LogP contribution in [0.1, 0.15) is 62.5 Å². The highest BCUT2D eigenvalue weighted by Crippen LogP contribution is 2.47. The summed E-state index contributed by atoms with van der Waals surface area (Å²) in [6, 6.07) is 10.6. The Bertz CT molecular complexity index is 1170. The molecule has 0 saturated carbocycles. The van der Waals surface area contributed by atoms with Crippen LogP contribution < -0.4 is 20.1 Å². The first-order valence-corrected chi connectivity index (χ1v) is 12.0. The van der Waals surface area contributed by atoms with Gasteiger partial charge < -0.3 is 19.9 Å². The van der Waals surface area contributed by atoms with Gasteiger partial charge in [-0.3, -0.25) is 14.5 Å². The van der Waals surface area contributed by atoms with Crippen LogP contribution in [0, 0.1) is 5.92 Å². The van der Waals surface area contributed by atoms with E-state index in [1.807, 2.05) is 19.9 Å². The van der Waals surface area contributed by atoms with Crippen molar-refractivity contribution in [3.8, 4) is 11.5 Å². The van der Waals surface area contributed by atoms with Crippen LogP contribution >= 0.6 is 0 Å². The lowest BCUT2D eigenvalue weighted by Gasteiger charge is -2.37. The number of anilines is 1. The Hall–Kier alpha value is -3.55. The van der Waals surface area contributed by atoms with Gasteiger partial charge in [0.15, 0.2) is 6.61 Å². The van der Waals surface area contributed by atoms with E-state index in [0.717, 1.165) is 5.56 Å². The van der Waals surface area contributed by atoms with Crippen molar-refractivity contribution in [2.75, 3.05) is 25.7 Å². The van der Waals surface area contributed by atoms with Gasteiger partial charge in [0.1, 0.15) is 17.0 Å². The summed E-state index contributed by atoms with van der Waals surface area (Å²) in [6.07, 6.45) is 0.553. The summed E-state index contributed by atoms with van der Waals surface area (Å²) in [6.45, 7) is 9.88. The van der Waals surface area contributed by atoms with Crippen LogP contribution in [0.25, 0.3) is 0 Å². The van der Waals surface area contributed by atoms with E-state index in [0.29, 0.717) is 34.7 Å². The minimum Gasteiger partial charge on any atom is -0.496 e. The first kappa shape index (κ1) is 27.0. The van der Waals surface area contributed by atoms with Crippen LogP contribution in [0.15, 0.2) is 36.4 Å². The van der Waals surface area contributed by atoms with Gasteiger partial charge in [-0.2, -0.15) is 0 Å². The van der Waals surface area contributed by atoms with Crippen molar-refractivity contribution in [3.63, 3.8) is 0 Å². The van der Waals surface area contributed by atoms with Gasteiger partial charge in [0, 0.05) is 17.5 Å². The second-order valence-electron chi connectivity index (χ2n) is 10.6. The molecular weight excluding hydrogens is 460 g/mol. The Morgan fingerprint density at radius 2 is 1.78 bits per heavy atom. The first-order chi connectivity index (χ1) is 16.9. The van der Waals surface area contributed by atoms with Crippen LogP contribution in [0.3, 0.4) is 0 Å². The molecule has 8 nitrogen and oxygen atoms in total. The Balaban J connectivity index is 2.21. The molecule has 1 aliphatic heterocycles. The van der Waals surface area contributed by atoms with Crippen LogP contribution in [-0.2, 0) is 26.2 Å². The van der Waals surface area contributed by atoms with Crippen LogP contribution in [0.5, 0.6) is 11.5 Å². The fraction of sp³-hybridized carbons (Fsp3) is 0.464. The Morgan fingerprint density at radius 1 is 1.08 bits per heavy atom. The minimum atomic E-state index is -1.29. The fourth-order valence-electron chi connectivity index (χ4n) is 4.98. The number of hydrogen-bond acceptors (Lipinski definition) is 6. The largest absolute Gasteiger partial charge is 0.496 e. The number of methoxy groups -OCH3 is 2. The summed E-state index contributed by atoms with van der Waals surface area (Å²) in [5.74, 6) is -0.420. The minimum absolute atomic E-state index is 0.0708. The number of carbonyl (C=O) groups excluding carboxylic acids is 3. The number of hydrogen-bond donors (Lipinski definition) is 1. The van der Waals surface area contributed by atoms with Gasteiger partial charge in [0.2, 0.25) is 0 Å². The van der Waals surface area contributed by atoms with E-state index in [9.17, 15) is 14.4 Å². The number of esters is 1. The standard InChI is InChI=1S/C28H36N2O6/c1-17(2)14-28(26(33)35-7)15-19-21(9-8-10-22(19)36-16-24(29)31)30(28)25(32)18-11-12-20(27(3,4)5)23(13-18)34-6/h8-13,17H,14-16H2,1-7H3,(H2,29,31). The van der Waals surface area contributed by atoms with Crippen molar-refractivity contribution in [1.29, 1.82) is 0 Å². The van der Waals surface area contributed by atoms with Crippen molar-refractivity contribution in [3.05, 3.63) is 53.1 Å². The lowest BCUT2D eigenvalue weighted by molar-refractivity contribution is -0.147. The van der Waals surface area contributed by atoms with E-state index in [4.69, 9.17) is 19.9 Å². The Labute approximate surface area is 212 Å². The second kappa shape index (κ2) is 10.2. The number of amides is 2. The van der Waals surface area contributed by atoms with Gasteiger partial charge in [-0.1, -0.05) is 46.8 Å². The molecule has 36 heavy (non-hydrogen) atoms. The highest BCUT2D eigenvalue weighted by atomic mass is 16.5. The number of ether oxygens (including phenoxy) is 3. The summed E-state index contributed by atoms with van der Waals surface area (Å²) in [5.41, 5.74) is 6.34. The zero-order valence-corrected chi connectivity index (χ0v) is 22.1. The molecule has 0 saturated heterocycles. The third-order valence-electron chi connectivity index (χ3n) is 6.39. The molecule has 1 aliphatic rings. The molecule has 194 valence electrons. The van der Waals surface area contributed by atoms with Crippen molar-refractivity contribution in [2.24, 2.45) is 11.7 Å². The summed E-state index contributed by atoms with van der Waals surface area (Å²) in [4.78, 5) is 40.5. The third-order valence-corrected chi connectivity index (χ3v) is 6.39. The second-order valence-corrected chi connectivity index (χ2v) is 10.6. The molecule has 2 N–H and O–H groups in total. The van der Waals surface area contributed by atoms with Gasteiger partial charge in [0.25, 0.3) is 11.8 Å². The zero-order chi connectivity index (χ0) is 26.8. The van der Waals surface area contributed by atoms with Crippen LogP contribution in [0.2, 0.25) is 0 Å². The highest BCUT2D eigenvalue weighted by Gasteiger charge is 2.54. The molecule has 0 fully saturated rings. The summed E-state index contributed by atoms with van der Waals surface area (Å²) < 4.78 is 16.5. The normalized spacial score (nSPS) is 17.1. The quantitative estimate of drug-likeness (QED) is 0.553. The van der Waals surface area contributed by atoms with Gasteiger partial charge in [-0.15, -0.1) is 0 Å². The van der Waals surface area contributed by atoms with E-state index in [1.165, 1.54) is 12.0 Å². The lowest BCUT2D eigenvalue weighted by atomic mass is 9.84. The number of rotatable bonds is 8.